The summed E-state index contributed by atoms with van der Waals surface area (Å²) < 4.78 is 25.1. The van der Waals surface area contributed by atoms with Gasteiger partial charge in [0.15, 0.2) is 6.29 Å². The highest BCUT2D eigenvalue weighted by Crippen LogP contribution is 2.49. The number of carbonyl (C=O) groups excluding carboxylic acids is 1. The van der Waals surface area contributed by atoms with E-state index in [1.165, 1.54) is 6.92 Å². The van der Waals surface area contributed by atoms with E-state index in [-0.39, 0.29) is 5.57 Å². The van der Waals surface area contributed by atoms with Crippen molar-refractivity contribution in [3.63, 3.8) is 0 Å². The van der Waals surface area contributed by atoms with Crippen molar-refractivity contribution in [3.8, 4) is 0 Å². The Morgan fingerprint density at radius 1 is 1.41 bits per heavy atom. The molecule has 0 fully saturated rings. The van der Waals surface area contributed by atoms with E-state index in [1.807, 2.05) is 0 Å². The highest BCUT2D eigenvalue weighted by Gasteiger charge is 2.32. The first kappa shape index (κ1) is 16.2. The molecule has 17 heavy (non-hydrogen) atoms. The molecule has 1 atom stereocenters. The van der Waals surface area contributed by atoms with Crippen LogP contribution < -0.4 is 0 Å². The maximum absolute atomic E-state index is 11.7. The number of rotatable bonds is 8. The highest BCUT2D eigenvalue weighted by molar-refractivity contribution is 7.49. The second kappa shape index (κ2) is 7.54. The van der Waals surface area contributed by atoms with Crippen LogP contribution in [0.25, 0.3) is 0 Å². The Kier molecular flexibility index (Phi) is 7.21. The lowest BCUT2D eigenvalue weighted by Crippen LogP contribution is -2.16. The van der Waals surface area contributed by atoms with Crippen molar-refractivity contribution in [2.24, 2.45) is 0 Å². The third-order valence-corrected chi connectivity index (χ3v) is 2.62. The minimum atomic E-state index is -4.29. The second-order valence-electron chi connectivity index (χ2n) is 2.94. The van der Waals surface area contributed by atoms with Crippen LogP contribution in [-0.4, -0.2) is 47.4 Å². The van der Waals surface area contributed by atoms with E-state index in [0.29, 0.717) is 0 Å². The molecule has 0 saturated heterocycles. The summed E-state index contributed by atoms with van der Waals surface area (Å²) in [7, 11) is -4.29. The quantitative estimate of drug-likeness (QED) is 0.308. The van der Waals surface area contributed by atoms with Crippen LogP contribution in [0.3, 0.4) is 0 Å². The first-order chi connectivity index (χ1) is 7.80. The number of phosphoric acid groups is 1. The van der Waals surface area contributed by atoms with Crippen molar-refractivity contribution in [3.05, 3.63) is 12.2 Å². The summed E-state index contributed by atoms with van der Waals surface area (Å²) >= 11 is 0. The van der Waals surface area contributed by atoms with Gasteiger partial charge in [-0.15, -0.1) is 0 Å². The van der Waals surface area contributed by atoms with Crippen molar-refractivity contribution >= 4 is 13.8 Å². The molecule has 0 aromatic carbocycles. The zero-order valence-corrected chi connectivity index (χ0v) is 10.1. The van der Waals surface area contributed by atoms with Gasteiger partial charge in [-0.1, -0.05) is 6.58 Å². The first-order valence-electron chi connectivity index (χ1n) is 4.56. The van der Waals surface area contributed by atoms with Crippen molar-refractivity contribution in [2.45, 2.75) is 13.2 Å². The third kappa shape index (κ3) is 7.22. The molecular weight excluding hydrogens is 255 g/mol. The Labute approximate surface area is 98.0 Å². The predicted octanol–water partition coefficient (Wildman–Crippen LogP) is -0.450. The summed E-state index contributed by atoms with van der Waals surface area (Å²) in [5.74, 6) is -1.02. The van der Waals surface area contributed by atoms with Crippen molar-refractivity contribution in [2.75, 3.05) is 19.8 Å². The summed E-state index contributed by atoms with van der Waals surface area (Å²) in [6.45, 7) is 2.93. The third-order valence-electron chi connectivity index (χ3n) is 1.27. The average molecular weight is 270 g/mol. The van der Waals surface area contributed by atoms with Crippen LogP contribution >= 0.6 is 7.82 Å². The predicted molar refractivity (Wildman–Crippen MR) is 55.7 cm³/mol. The molecule has 0 rings (SSSR count). The summed E-state index contributed by atoms with van der Waals surface area (Å²) in [6.07, 6.45) is -1.90. The first-order valence-corrected chi connectivity index (χ1v) is 6.02. The molecule has 0 saturated carbocycles. The second-order valence-corrected chi connectivity index (χ2v) is 4.53. The van der Waals surface area contributed by atoms with Crippen LogP contribution in [0.15, 0.2) is 12.2 Å². The summed E-state index contributed by atoms with van der Waals surface area (Å²) in [6, 6.07) is 0. The lowest BCUT2D eigenvalue weighted by molar-refractivity contribution is -0.133. The standard InChI is InChI=1S/C8H15O8P/c1-6(2)8(12)16-17(13,14-4-3-9)15-5-7(10)11/h7,9-11H,1,3-5H2,2H3. The lowest BCUT2D eigenvalue weighted by Gasteiger charge is -2.17. The Morgan fingerprint density at radius 2 is 2.00 bits per heavy atom. The molecule has 1 unspecified atom stereocenters. The normalized spacial score (nSPS) is 14.4. The molecule has 0 aromatic rings. The number of hydrogen-bond acceptors (Lipinski definition) is 8. The summed E-state index contributed by atoms with van der Waals surface area (Å²) in [4.78, 5) is 11.1. The topological polar surface area (TPSA) is 123 Å². The number of phosphoric ester groups is 1. The zero-order chi connectivity index (χ0) is 13.5. The van der Waals surface area contributed by atoms with Gasteiger partial charge in [0.2, 0.25) is 0 Å². The van der Waals surface area contributed by atoms with Crippen LogP contribution in [0.1, 0.15) is 6.92 Å². The monoisotopic (exact) mass is 270 g/mol. The number of hydrogen-bond donors (Lipinski definition) is 3. The molecule has 0 amide bonds. The van der Waals surface area contributed by atoms with E-state index in [4.69, 9.17) is 15.3 Å². The maximum Gasteiger partial charge on any atom is 0.532 e. The summed E-state index contributed by atoms with van der Waals surface area (Å²) in [5, 5.41) is 25.6. The van der Waals surface area contributed by atoms with Crippen LogP contribution in [0.5, 0.6) is 0 Å². The van der Waals surface area contributed by atoms with Gasteiger partial charge in [0.25, 0.3) is 0 Å². The van der Waals surface area contributed by atoms with E-state index in [9.17, 15) is 9.36 Å². The molecule has 8 nitrogen and oxygen atoms in total. The minimum absolute atomic E-state index is 0.0361. The van der Waals surface area contributed by atoms with Crippen LogP contribution in [0, 0.1) is 0 Å². The fourth-order valence-electron chi connectivity index (χ4n) is 0.580. The molecule has 100 valence electrons. The van der Waals surface area contributed by atoms with E-state index < -0.39 is 39.9 Å². The number of carbonyl (C=O) groups is 1. The summed E-state index contributed by atoms with van der Waals surface area (Å²) in [5.41, 5.74) is -0.0361. The Bertz CT molecular complexity index is 313. The molecular formula is C8H15O8P. The van der Waals surface area contributed by atoms with Gasteiger partial charge in [-0.3, -0.25) is 9.05 Å². The molecule has 0 heterocycles. The van der Waals surface area contributed by atoms with Crippen molar-refractivity contribution in [1.82, 2.24) is 0 Å². The maximum atomic E-state index is 11.7. The largest absolute Gasteiger partial charge is 0.532 e. The number of aliphatic hydroxyl groups excluding tert-OH is 2. The van der Waals surface area contributed by atoms with Crippen molar-refractivity contribution in [1.29, 1.82) is 0 Å². The minimum Gasteiger partial charge on any atom is -0.394 e. The van der Waals surface area contributed by atoms with Gasteiger partial charge in [0.1, 0.15) is 6.61 Å². The molecule has 0 aliphatic rings. The Balaban J connectivity index is 4.54. The lowest BCUT2D eigenvalue weighted by atomic mass is 10.4. The van der Waals surface area contributed by atoms with Gasteiger partial charge in [-0.25, -0.2) is 9.36 Å². The Hall–Kier alpha value is -0.760. The molecule has 3 N–H and O–H groups in total. The Morgan fingerprint density at radius 3 is 2.41 bits per heavy atom. The molecule has 0 spiro atoms. The molecule has 0 aromatic heterocycles. The molecule has 0 bridgehead atoms. The average Bonchev–Trinajstić information content (AvgIpc) is 2.24. The van der Waals surface area contributed by atoms with Gasteiger partial charge in [-0.2, -0.15) is 0 Å². The van der Waals surface area contributed by atoms with Crippen LogP contribution in [0.4, 0.5) is 0 Å². The highest BCUT2D eigenvalue weighted by atomic mass is 31.2. The van der Waals surface area contributed by atoms with E-state index in [0.717, 1.165) is 0 Å². The SMILES string of the molecule is C=C(C)C(=O)OP(=O)(OCCO)OCC(O)O. The number of aliphatic hydroxyl groups is 3. The van der Waals surface area contributed by atoms with E-state index in [2.05, 4.69) is 20.2 Å². The van der Waals surface area contributed by atoms with Gasteiger partial charge in [-0.05, 0) is 6.92 Å². The van der Waals surface area contributed by atoms with Gasteiger partial charge < -0.3 is 19.8 Å². The van der Waals surface area contributed by atoms with Gasteiger partial charge in [0, 0.05) is 5.57 Å². The fourth-order valence-corrected chi connectivity index (χ4v) is 1.74. The molecule has 0 aliphatic carbocycles. The zero-order valence-electron chi connectivity index (χ0n) is 9.24. The van der Waals surface area contributed by atoms with Crippen molar-refractivity contribution < 1.29 is 38.3 Å². The van der Waals surface area contributed by atoms with E-state index >= 15 is 0 Å². The van der Waals surface area contributed by atoms with E-state index in [1.54, 1.807) is 0 Å². The van der Waals surface area contributed by atoms with Gasteiger partial charge >= 0.3 is 13.8 Å². The smallest absolute Gasteiger partial charge is 0.394 e. The fraction of sp³-hybridized carbons (Fsp3) is 0.625. The van der Waals surface area contributed by atoms with Crippen LogP contribution in [0.2, 0.25) is 0 Å². The molecule has 0 aliphatic heterocycles. The molecule has 9 heteroatoms. The van der Waals surface area contributed by atoms with Gasteiger partial charge in [0.05, 0.1) is 13.2 Å². The molecule has 0 radical (unpaired) electrons. The van der Waals surface area contributed by atoms with Crippen LogP contribution in [-0.2, 0) is 22.9 Å².